The monoisotopic (exact) mass is 162 g/mol. The van der Waals surface area contributed by atoms with Crippen LogP contribution in [0, 0.1) is 0 Å². The van der Waals surface area contributed by atoms with Crippen LogP contribution in [0.3, 0.4) is 0 Å². The standard InChI is InChI=1S/C7H14O2S/c1-6(2)10(8,9)7(3,4)5/h1H2,2-5H3. The maximum absolute atomic E-state index is 11.3. The summed E-state index contributed by atoms with van der Waals surface area (Å²) in [7, 11) is -3.11. The average Bonchev–Trinajstić information content (AvgIpc) is 1.62. The molecule has 0 spiro atoms. The number of hydrogen-bond donors (Lipinski definition) is 0. The van der Waals surface area contributed by atoms with Crippen LogP contribution in [-0.2, 0) is 9.84 Å². The predicted molar refractivity (Wildman–Crippen MR) is 43.5 cm³/mol. The van der Waals surface area contributed by atoms with Crippen molar-refractivity contribution < 1.29 is 8.42 Å². The molecule has 2 nitrogen and oxygen atoms in total. The van der Waals surface area contributed by atoms with E-state index in [1.807, 2.05) is 0 Å². The van der Waals surface area contributed by atoms with Crippen LogP contribution in [0.1, 0.15) is 27.7 Å². The maximum atomic E-state index is 11.3. The fourth-order valence-electron chi connectivity index (χ4n) is 0.523. The van der Waals surface area contributed by atoms with Crippen molar-refractivity contribution in [2.75, 3.05) is 0 Å². The summed E-state index contributed by atoms with van der Waals surface area (Å²) in [5.41, 5.74) is 0. The van der Waals surface area contributed by atoms with E-state index < -0.39 is 14.6 Å². The molecule has 3 heteroatoms. The molecule has 0 aliphatic rings. The first kappa shape index (κ1) is 9.69. The van der Waals surface area contributed by atoms with Crippen LogP contribution in [-0.4, -0.2) is 13.2 Å². The molecular weight excluding hydrogens is 148 g/mol. The molecule has 0 bridgehead atoms. The van der Waals surface area contributed by atoms with Gasteiger partial charge in [0.1, 0.15) is 0 Å². The van der Waals surface area contributed by atoms with Gasteiger partial charge in [0.15, 0.2) is 9.84 Å². The highest BCUT2D eigenvalue weighted by molar-refractivity contribution is 7.96. The molecule has 0 rings (SSSR count). The fourth-order valence-corrected chi connectivity index (χ4v) is 1.57. The van der Waals surface area contributed by atoms with Gasteiger partial charge in [-0.1, -0.05) is 6.58 Å². The van der Waals surface area contributed by atoms with Gasteiger partial charge >= 0.3 is 0 Å². The minimum Gasteiger partial charge on any atom is -0.224 e. The highest BCUT2D eigenvalue weighted by Crippen LogP contribution is 2.21. The van der Waals surface area contributed by atoms with E-state index in [0.29, 0.717) is 0 Å². The molecule has 10 heavy (non-hydrogen) atoms. The van der Waals surface area contributed by atoms with Crippen LogP contribution in [0.15, 0.2) is 11.5 Å². The van der Waals surface area contributed by atoms with E-state index in [1.54, 1.807) is 20.8 Å². The van der Waals surface area contributed by atoms with Crippen molar-refractivity contribution >= 4 is 9.84 Å². The lowest BCUT2D eigenvalue weighted by atomic mass is 10.3. The van der Waals surface area contributed by atoms with Crippen LogP contribution in [0.2, 0.25) is 0 Å². The summed E-state index contributed by atoms with van der Waals surface area (Å²) in [6, 6.07) is 0. The summed E-state index contributed by atoms with van der Waals surface area (Å²) in [6.07, 6.45) is 0. The second kappa shape index (κ2) is 2.38. The second-order valence-corrected chi connectivity index (χ2v) is 6.25. The lowest BCUT2D eigenvalue weighted by molar-refractivity contribution is 0.567. The number of rotatable bonds is 1. The van der Waals surface area contributed by atoms with Gasteiger partial charge in [0.2, 0.25) is 0 Å². The van der Waals surface area contributed by atoms with Crippen LogP contribution in [0.5, 0.6) is 0 Å². The van der Waals surface area contributed by atoms with Gasteiger partial charge in [0.25, 0.3) is 0 Å². The highest BCUT2D eigenvalue weighted by Gasteiger charge is 2.29. The third kappa shape index (κ3) is 1.59. The maximum Gasteiger partial charge on any atom is 0.178 e. The molecule has 0 atom stereocenters. The molecular formula is C7H14O2S. The Labute approximate surface area is 62.9 Å². The van der Waals surface area contributed by atoms with Crippen molar-refractivity contribution in [3.05, 3.63) is 11.5 Å². The van der Waals surface area contributed by atoms with E-state index in [9.17, 15) is 8.42 Å². The Kier molecular flexibility index (Phi) is 2.31. The Bertz CT molecular complexity index is 229. The summed E-state index contributed by atoms with van der Waals surface area (Å²) in [5.74, 6) is 0. The Hall–Kier alpha value is -0.310. The molecule has 0 aliphatic carbocycles. The van der Waals surface area contributed by atoms with E-state index >= 15 is 0 Å². The van der Waals surface area contributed by atoms with Crippen LogP contribution >= 0.6 is 0 Å². The first-order valence-corrected chi connectivity index (χ1v) is 4.58. The number of sulfone groups is 1. The SMILES string of the molecule is C=C(C)S(=O)(=O)C(C)(C)C. The molecule has 0 amide bonds. The van der Waals surface area contributed by atoms with Gasteiger partial charge < -0.3 is 0 Å². The lowest BCUT2D eigenvalue weighted by Crippen LogP contribution is -2.27. The summed E-state index contributed by atoms with van der Waals surface area (Å²) >= 11 is 0. The minimum absolute atomic E-state index is 0.236. The number of hydrogen-bond acceptors (Lipinski definition) is 2. The van der Waals surface area contributed by atoms with Gasteiger partial charge in [0.05, 0.1) is 4.75 Å². The van der Waals surface area contributed by atoms with Crippen LogP contribution in [0.25, 0.3) is 0 Å². The van der Waals surface area contributed by atoms with E-state index in [-0.39, 0.29) is 4.91 Å². The summed E-state index contributed by atoms with van der Waals surface area (Å²) in [4.78, 5) is 0.236. The third-order valence-electron chi connectivity index (χ3n) is 1.26. The van der Waals surface area contributed by atoms with Gasteiger partial charge in [-0.25, -0.2) is 8.42 Å². The zero-order chi connectivity index (χ0) is 8.58. The molecule has 0 unspecified atom stereocenters. The zero-order valence-electron chi connectivity index (χ0n) is 6.93. The number of allylic oxidation sites excluding steroid dienone is 1. The Balaban J connectivity index is 4.98. The van der Waals surface area contributed by atoms with E-state index in [2.05, 4.69) is 6.58 Å². The molecule has 0 saturated carbocycles. The Morgan fingerprint density at radius 3 is 1.60 bits per heavy atom. The van der Waals surface area contributed by atoms with Gasteiger partial charge in [-0.2, -0.15) is 0 Å². The van der Waals surface area contributed by atoms with Crippen molar-refractivity contribution in [2.45, 2.75) is 32.4 Å². The zero-order valence-corrected chi connectivity index (χ0v) is 7.75. The minimum atomic E-state index is -3.11. The van der Waals surface area contributed by atoms with Crippen molar-refractivity contribution in [2.24, 2.45) is 0 Å². The highest BCUT2D eigenvalue weighted by atomic mass is 32.2. The molecule has 60 valence electrons. The topological polar surface area (TPSA) is 34.1 Å². The van der Waals surface area contributed by atoms with Gasteiger partial charge in [0, 0.05) is 4.91 Å². The molecule has 0 saturated heterocycles. The first-order chi connectivity index (χ1) is 4.19. The van der Waals surface area contributed by atoms with E-state index in [0.717, 1.165) is 0 Å². The molecule has 0 aromatic carbocycles. The largest absolute Gasteiger partial charge is 0.224 e. The molecule has 0 aliphatic heterocycles. The predicted octanol–water partition coefficient (Wildman–Crippen LogP) is 1.73. The summed E-state index contributed by atoms with van der Waals surface area (Å²) in [5, 5.41) is 0. The molecule has 0 radical (unpaired) electrons. The molecule has 0 aromatic heterocycles. The Morgan fingerprint density at radius 1 is 1.30 bits per heavy atom. The smallest absolute Gasteiger partial charge is 0.178 e. The van der Waals surface area contributed by atoms with E-state index in [4.69, 9.17) is 0 Å². The quantitative estimate of drug-likeness (QED) is 0.588. The third-order valence-corrected chi connectivity index (χ3v) is 3.79. The Morgan fingerprint density at radius 2 is 1.60 bits per heavy atom. The van der Waals surface area contributed by atoms with Gasteiger partial charge in [-0.15, -0.1) is 0 Å². The summed E-state index contributed by atoms with van der Waals surface area (Å²) in [6.45, 7) is 9.91. The van der Waals surface area contributed by atoms with Gasteiger partial charge in [-0.05, 0) is 27.7 Å². The summed E-state index contributed by atoms with van der Waals surface area (Å²) < 4.78 is 21.8. The van der Waals surface area contributed by atoms with Crippen molar-refractivity contribution in [3.63, 3.8) is 0 Å². The van der Waals surface area contributed by atoms with Gasteiger partial charge in [-0.3, -0.25) is 0 Å². The average molecular weight is 162 g/mol. The second-order valence-electron chi connectivity index (χ2n) is 3.32. The fraction of sp³-hybridized carbons (Fsp3) is 0.714. The molecule has 0 fully saturated rings. The van der Waals surface area contributed by atoms with Crippen molar-refractivity contribution in [3.8, 4) is 0 Å². The van der Waals surface area contributed by atoms with Crippen LogP contribution in [0.4, 0.5) is 0 Å². The van der Waals surface area contributed by atoms with Crippen LogP contribution < -0.4 is 0 Å². The lowest BCUT2D eigenvalue weighted by Gasteiger charge is -2.18. The van der Waals surface area contributed by atoms with E-state index in [1.165, 1.54) is 6.92 Å². The molecule has 0 aromatic rings. The first-order valence-electron chi connectivity index (χ1n) is 3.10. The molecule has 0 heterocycles. The van der Waals surface area contributed by atoms with Crippen molar-refractivity contribution in [1.82, 2.24) is 0 Å². The van der Waals surface area contributed by atoms with Crippen molar-refractivity contribution in [1.29, 1.82) is 0 Å². The normalized spacial score (nSPS) is 13.2. The molecule has 0 N–H and O–H groups in total.